The zero-order valence-electron chi connectivity index (χ0n) is 17.0. The lowest BCUT2D eigenvalue weighted by Crippen LogP contribution is -2.35. The largest absolute Gasteiger partial charge is 0.356 e. The van der Waals surface area contributed by atoms with Crippen LogP contribution in [-0.4, -0.2) is 27.6 Å². The van der Waals surface area contributed by atoms with E-state index in [2.05, 4.69) is 84.1 Å². The highest BCUT2D eigenvalue weighted by Crippen LogP contribution is 2.37. The molecule has 0 unspecified atom stereocenters. The average molecular weight is 383 g/mol. The van der Waals surface area contributed by atoms with Crippen LogP contribution in [0.2, 0.25) is 0 Å². The van der Waals surface area contributed by atoms with Crippen LogP contribution in [0.25, 0.3) is 27.8 Å². The lowest BCUT2D eigenvalue weighted by molar-refractivity contribution is 0.445. The Kier molecular flexibility index (Phi) is 4.55. The molecule has 3 heterocycles. The molecule has 1 atom stereocenters. The molecule has 0 radical (unpaired) electrons. The summed E-state index contributed by atoms with van der Waals surface area (Å²) < 4.78 is 2.20. The number of hydrogen-bond acceptors (Lipinski definition) is 3. The van der Waals surface area contributed by atoms with Gasteiger partial charge >= 0.3 is 0 Å². The smallest absolute Gasteiger partial charge is 0.150 e. The molecule has 5 rings (SSSR count). The van der Waals surface area contributed by atoms with E-state index in [1.54, 1.807) is 6.33 Å². The third kappa shape index (κ3) is 3.29. The molecule has 2 aromatic heterocycles. The predicted molar refractivity (Wildman–Crippen MR) is 120 cm³/mol. The lowest BCUT2D eigenvalue weighted by atomic mass is 9.99. The number of hydrogen-bond donors (Lipinski definition) is 0. The van der Waals surface area contributed by atoms with Crippen LogP contribution in [0.1, 0.15) is 25.3 Å². The quantitative estimate of drug-likeness (QED) is 0.460. The Balaban J connectivity index is 1.76. The fourth-order valence-corrected chi connectivity index (χ4v) is 4.41. The number of aromatic nitrogens is 3. The molecule has 4 aromatic rings. The van der Waals surface area contributed by atoms with Crippen molar-refractivity contribution in [2.75, 3.05) is 18.0 Å². The van der Waals surface area contributed by atoms with E-state index >= 15 is 0 Å². The van der Waals surface area contributed by atoms with Crippen molar-refractivity contribution in [3.8, 4) is 16.8 Å². The van der Waals surface area contributed by atoms with Crippen molar-refractivity contribution >= 4 is 16.9 Å². The molecule has 4 heteroatoms. The molecule has 0 aliphatic carbocycles. The minimum atomic E-state index is 0.688. The van der Waals surface area contributed by atoms with Gasteiger partial charge in [-0.15, -0.1) is 0 Å². The summed E-state index contributed by atoms with van der Waals surface area (Å²) in [6.07, 6.45) is 6.44. The Morgan fingerprint density at radius 3 is 2.52 bits per heavy atom. The van der Waals surface area contributed by atoms with Crippen LogP contribution in [0.5, 0.6) is 0 Å². The van der Waals surface area contributed by atoms with Gasteiger partial charge in [0.25, 0.3) is 0 Å². The van der Waals surface area contributed by atoms with E-state index in [1.807, 2.05) is 0 Å². The second kappa shape index (κ2) is 7.36. The van der Waals surface area contributed by atoms with E-state index in [9.17, 15) is 0 Å². The van der Waals surface area contributed by atoms with Crippen molar-refractivity contribution in [3.05, 3.63) is 72.7 Å². The highest BCUT2D eigenvalue weighted by atomic mass is 15.2. The van der Waals surface area contributed by atoms with Gasteiger partial charge in [-0.2, -0.15) is 0 Å². The monoisotopic (exact) mass is 382 g/mol. The van der Waals surface area contributed by atoms with E-state index in [0.29, 0.717) is 5.92 Å². The summed E-state index contributed by atoms with van der Waals surface area (Å²) in [5, 5.41) is 1.15. The highest BCUT2D eigenvalue weighted by Gasteiger charge is 2.24. The first-order valence-electron chi connectivity index (χ1n) is 10.4. The highest BCUT2D eigenvalue weighted by molar-refractivity contribution is 6.02. The Morgan fingerprint density at radius 1 is 0.966 bits per heavy atom. The summed E-state index contributed by atoms with van der Waals surface area (Å²) in [6, 6.07) is 19.2. The number of rotatable bonds is 3. The third-order valence-corrected chi connectivity index (χ3v) is 5.92. The topological polar surface area (TPSA) is 34.0 Å². The van der Waals surface area contributed by atoms with Gasteiger partial charge in [0.1, 0.15) is 12.1 Å². The molecule has 4 nitrogen and oxygen atoms in total. The van der Waals surface area contributed by atoms with Crippen LogP contribution in [0.4, 0.5) is 5.82 Å². The molecule has 29 heavy (non-hydrogen) atoms. The van der Waals surface area contributed by atoms with Gasteiger partial charge in [-0.25, -0.2) is 9.97 Å². The standard InChI is InChI=1S/C25H26N4/c1-18-10-12-21(13-11-18)29-16-22(20-8-4-3-5-9-20)23-24(26-17-27-25(23)29)28-14-6-7-19(2)15-28/h3-5,8-13,16-17,19H,6-7,14-15H2,1-2H3/t19-/m1/s1. The number of fused-ring (bicyclic) bond motifs is 1. The molecule has 1 aliphatic rings. The second-order valence-corrected chi connectivity index (χ2v) is 8.20. The van der Waals surface area contributed by atoms with Gasteiger partial charge < -0.3 is 9.47 Å². The minimum absolute atomic E-state index is 0.688. The van der Waals surface area contributed by atoms with Crippen LogP contribution in [-0.2, 0) is 0 Å². The summed E-state index contributed by atoms with van der Waals surface area (Å²) in [5.41, 5.74) is 5.74. The van der Waals surface area contributed by atoms with Crippen LogP contribution in [0.3, 0.4) is 0 Å². The maximum Gasteiger partial charge on any atom is 0.150 e. The summed E-state index contributed by atoms with van der Waals surface area (Å²) in [5.74, 6) is 1.75. The van der Waals surface area contributed by atoms with Gasteiger partial charge in [0.2, 0.25) is 0 Å². The summed E-state index contributed by atoms with van der Waals surface area (Å²) in [4.78, 5) is 11.9. The normalized spacial score (nSPS) is 17.0. The van der Waals surface area contributed by atoms with Crippen LogP contribution < -0.4 is 4.90 Å². The Hall–Kier alpha value is -3.14. The van der Waals surface area contributed by atoms with Crippen molar-refractivity contribution in [1.29, 1.82) is 0 Å². The number of aryl methyl sites for hydroxylation is 1. The van der Waals surface area contributed by atoms with Crippen molar-refractivity contribution in [1.82, 2.24) is 14.5 Å². The zero-order valence-corrected chi connectivity index (χ0v) is 17.0. The number of piperidine rings is 1. The Morgan fingerprint density at radius 2 is 1.76 bits per heavy atom. The van der Waals surface area contributed by atoms with Crippen molar-refractivity contribution in [3.63, 3.8) is 0 Å². The minimum Gasteiger partial charge on any atom is -0.356 e. The van der Waals surface area contributed by atoms with Gasteiger partial charge in [-0.1, -0.05) is 55.0 Å². The number of anilines is 1. The summed E-state index contributed by atoms with van der Waals surface area (Å²) >= 11 is 0. The number of nitrogens with zero attached hydrogens (tertiary/aromatic N) is 4. The first-order valence-corrected chi connectivity index (χ1v) is 10.4. The summed E-state index contributed by atoms with van der Waals surface area (Å²) in [6.45, 7) is 6.56. The van der Waals surface area contributed by atoms with E-state index in [-0.39, 0.29) is 0 Å². The molecule has 1 saturated heterocycles. The SMILES string of the molecule is Cc1ccc(-n2cc(-c3ccccc3)c3c(N4CCC[C@@H](C)C4)ncnc32)cc1. The second-order valence-electron chi connectivity index (χ2n) is 8.20. The van der Waals surface area contributed by atoms with Crippen molar-refractivity contribution in [2.24, 2.45) is 5.92 Å². The Labute approximate surface area is 171 Å². The molecule has 0 saturated carbocycles. The van der Waals surface area contributed by atoms with Crippen LogP contribution in [0.15, 0.2) is 67.1 Å². The van der Waals surface area contributed by atoms with E-state index in [4.69, 9.17) is 9.97 Å². The van der Waals surface area contributed by atoms with Gasteiger partial charge in [0.05, 0.1) is 5.39 Å². The van der Waals surface area contributed by atoms with Crippen LogP contribution in [0, 0.1) is 12.8 Å². The van der Waals surface area contributed by atoms with Gasteiger partial charge in [-0.05, 0) is 43.4 Å². The Bertz CT molecular complexity index is 1130. The van der Waals surface area contributed by atoms with Crippen LogP contribution >= 0.6 is 0 Å². The van der Waals surface area contributed by atoms with E-state index in [1.165, 1.54) is 29.5 Å². The van der Waals surface area contributed by atoms with E-state index < -0.39 is 0 Å². The molecule has 2 aromatic carbocycles. The first-order chi connectivity index (χ1) is 14.2. The molecule has 0 spiro atoms. The fourth-order valence-electron chi connectivity index (χ4n) is 4.41. The van der Waals surface area contributed by atoms with Crippen molar-refractivity contribution in [2.45, 2.75) is 26.7 Å². The number of benzene rings is 2. The molecule has 0 amide bonds. The molecule has 0 bridgehead atoms. The van der Waals surface area contributed by atoms with Gasteiger partial charge in [0, 0.05) is 30.5 Å². The molecule has 1 aliphatic heterocycles. The third-order valence-electron chi connectivity index (χ3n) is 5.92. The fraction of sp³-hybridized carbons (Fsp3) is 0.280. The molecular formula is C25H26N4. The average Bonchev–Trinajstić information content (AvgIpc) is 3.15. The van der Waals surface area contributed by atoms with Gasteiger partial charge in [0.15, 0.2) is 5.65 Å². The molecule has 1 fully saturated rings. The first kappa shape index (κ1) is 17.9. The molecular weight excluding hydrogens is 356 g/mol. The lowest BCUT2D eigenvalue weighted by Gasteiger charge is -2.32. The molecule has 0 N–H and O–H groups in total. The van der Waals surface area contributed by atoms with Crippen molar-refractivity contribution < 1.29 is 0 Å². The zero-order chi connectivity index (χ0) is 19.8. The maximum absolute atomic E-state index is 4.77. The predicted octanol–water partition coefficient (Wildman–Crippen LogP) is 5.63. The summed E-state index contributed by atoms with van der Waals surface area (Å²) in [7, 11) is 0. The molecule has 146 valence electrons. The van der Waals surface area contributed by atoms with E-state index in [0.717, 1.165) is 35.6 Å². The maximum atomic E-state index is 4.77. The van der Waals surface area contributed by atoms with Gasteiger partial charge in [-0.3, -0.25) is 0 Å².